The molecule has 9 heteroatoms. The Morgan fingerprint density at radius 2 is 2.03 bits per heavy atom. The predicted octanol–water partition coefficient (Wildman–Crippen LogP) is 0.257. The third-order valence-corrected chi connectivity index (χ3v) is 7.72. The molecule has 178 valence electrons. The molecule has 3 unspecified atom stereocenters. The predicted molar refractivity (Wildman–Crippen MR) is 120 cm³/mol. The van der Waals surface area contributed by atoms with E-state index in [1.54, 1.807) is 6.26 Å². The number of fused-ring (bicyclic) bond motifs is 1. The highest BCUT2D eigenvalue weighted by Crippen LogP contribution is 2.33. The molecule has 3 heterocycles. The molecule has 0 saturated carbocycles. The number of rotatable bonds is 7. The molecular weight excluding hydrogens is 420 g/mol. The van der Waals surface area contributed by atoms with E-state index < -0.39 is 41.9 Å². The van der Waals surface area contributed by atoms with Crippen molar-refractivity contribution in [2.45, 2.75) is 81.1 Å². The largest absolute Gasteiger partial charge is 0.388 e. The van der Waals surface area contributed by atoms with Gasteiger partial charge in [0.15, 0.2) is 0 Å². The number of hydrogen-bond acceptors (Lipinski definition) is 8. The molecule has 3 saturated heterocycles. The lowest BCUT2D eigenvalue weighted by atomic mass is 9.87. The van der Waals surface area contributed by atoms with Crippen LogP contribution in [0.2, 0.25) is 0 Å². The molecule has 10 atom stereocenters. The van der Waals surface area contributed by atoms with Crippen LogP contribution < -0.4 is 10.6 Å². The molecule has 0 radical (unpaired) electrons. The smallest absolute Gasteiger partial charge is 0.240 e. The van der Waals surface area contributed by atoms with Crippen molar-refractivity contribution in [1.82, 2.24) is 10.6 Å². The molecule has 5 N–H and O–H groups in total. The van der Waals surface area contributed by atoms with Crippen molar-refractivity contribution in [3.8, 4) is 0 Å². The summed E-state index contributed by atoms with van der Waals surface area (Å²) in [6.45, 7) is 9.06. The zero-order chi connectivity index (χ0) is 22.7. The molecular formula is C22H38N2O6S. The molecule has 0 spiro atoms. The fourth-order valence-corrected chi connectivity index (χ4v) is 5.77. The maximum absolute atomic E-state index is 13.3. The van der Waals surface area contributed by atoms with Crippen LogP contribution in [0.3, 0.4) is 0 Å². The van der Waals surface area contributed by atoms with Crippen molar-refractivity contribution in [3.63, 3.8) is 0 Å². The fourth-order valence-electron chi connectivity index (χ4n) is 5.09. The van der Waals surface area contributed by atoms with Gasteiger partial charge in [0.1, 0.15) is 35.9 Å². The van der Waals surface area contributed by atoms with E-state index in [4.69, 9.17) is 9.47 Å². The van der Waals surface area contributed by atoms with Gasteiger partial charge in [0.05, 0.1) is 12.1 Å². The number of hydrogen-bond donors (Lipinski definition) is 5. The number of allylic oxidation sites excluding steroid dienone is 1. The molecule has 3 aliphatic heterocycles. The summed E-state index contributed by atoms with van der Waals surface area (Å²) in [7, 11) is 0. The molecule has 3 rings (SSSR count). The molecule has 0 aromatic rings. The van der Waals surface area contributed by atoms with Crippen LogP contribution >= 0.6 is 11.8 Å². The van der Waals surface area contributed by atoms with E-state index in [2.05, 4.69) is 17.2 Å². The van der Waals surface area contributed by atoms with Gasteiger partial charge in [-0.3, -0.25) is 4.79 Å². The lowest BCUT2D eigenvalue weighted by Gasteiger charge is -2.44. The van der Waals surface area contributed by atoms with Gasteiger partial charge in [0.2, 0.25) is 5.91 Å². The number of aliphatic hydroxyl groups excluding tert-OH is 3. The summed E-state index contributed by atoms with van der Waals surface area (Å²) >= 11 is 1.26. The third-order valence-electron chi connectivity index (χ3n) is 6.87. The van der Waals surface area contributed by atoms with Crippen molar-refractivity contribution in [2.24, 2.45) is 17.8 Å². The van der Waals surface area contributed by atoms with Crippen LogP contribution in [0, 0.1) is 17.8 Å². The van der Waals surface area contributed by atoms with E-state index in [1.165, 1.54) is 11.8 Å². The van der Waals surface area contributed by atoms with Gasteiger partial charge in [-0.2, -0.15) is 0 Å². The summed E-state index contributed by atoms with van der Waals surface area (Å²) in [6, 6.07) is -0.999. The highest BCUT2D eigenvalue weighted by Gasteiger charge is 2.49. The Labute approximate surface area is 189 Å². The molecule has 3 fully saturated rings. The van der Waals surface area contributed by atoms with Crippen LogP contribution in [0.1, 0.15) is 33.1 Å². The Kier molecular flexibility index (Phi) is 8.82. The van der Waals surface area contributed by atoms with Gasteiger partial charge in [-0.1, -0.05) is 19.9 Å². The van der Waals surface area contributed by atoms with Gasteiger partial charge in [0.25, 0.3) is 0 Å². The fraction of sp³-hybridized carbons (Fsp3) is 0.864. The minimum atomic E-state index is -1.34. The second-order valence-corrected chi connectivity index (χ2v) is 10.3. The molecule has 0 bridgehead atoms. The van der Waals surface area contributed by atoms with Gasteiger partial charge in [-0.15, -0.1) is 18.3 Å². The standard InChI is InChI=1S/C22H38N2O6S/c1-5-6-12-7-8-29-19-13(9-12)10-23-15(19)21(28)24-14(11(2)3)20-17(26)16(25)18(27)22(30-20)31-4/h5,11-20,22-23,25-27H,1,6-10H2,2-4H3,(H,24,28)/t12-,13+,14-,15+,16?,17?,18-,19-,20-,22?/m1/s1. The zero-order valence-electron chi connectivity index (χ0n) is 18.6. The number of thioether (sulfide) groups is 1. The van der Waals surface area contributed by atoms with Crippen molar-refractivity contribution in [2.75, 3.05) is 19.4 Å². The second kappa shape index (κ2) is 11.0. The van der Waals surface area contributed by atoms with Gasteiger partial charge >= 0.3 is 0 Å². The number of amides is 1. The van der Waals surface area contributed by atoms with Crippen molar-refractivity contribution in [3.05, 3.63) is 12.7 Å². The van der Waals surface area contributed by atoms with Crippen LogP contribution in [-0.4, -0.2) is 88.7 Å². The third kappa shape index (κ3) is 5.46. The summed E-state index contributed by atoms with van der Waals surface area (Å²) in [4.78, 5) is 13.3. The first-order valence-electron chi connectivity index (χ1n) is 11.3. The molecule has 8 nitrogen and oxygen atoms in total. The maximum atomic E-state index is 13.3. The summed E-state index contributed by atoms with van der Waals surface area (Å²) in [6.07, 6.45) is 1.81. The zero-order valence-corrected chi connectivity index (χ0v) is 19.5. The average Bonchev–Trinajstić information content (AvgIpc) is 3.02. The second-order valence-electron chi connectivity index (χ2n) is 9.35. The number of ether oxygens (including phenoxy) is 2. The Balaban J connectivity index is 1.69. The highest BCUT2D eigenvalue weighted by molar-refractivity contribution is 7.99. The summed E-state index contributed by atoms with van der Waals surface area (Å²) in [5.74, 6) is 0.556. The van der Waals surface area contributed by atoms with Crippen LogP contribution in [-0.2, 0) is 14.3 Å². The van der Waals surface area contributed by atoms with Crippen molar-refractivity contribution < 1.29 is 29.6 Å². The quantitative estimate of drug-likeness (QED) is 0.345. The lowest BCUT2D eigenvalue weighted by Crippen LogP contribution is -2.65. The van der Waals surface area contributed by atoms with Crippen LogP contribution in [0.5, 0.6) is 0 Å². The normalized spacial score (nSPS) is 42.0. The lowest BCUT2D eigenvalue weighted by molar-refractivity contribution is -0.208. The molecule has 3 aliphatic rings. The van der Waals surface area contributed by atoms with Gasteiger partial charge in [-0.05, 0) is 43.3 Å². The van der Waals surface area contributed by atoms with Gasteiger partial charge < -0.3 is 35.4 Å². The Bertz CT molecular complexity index is 621. The Morgan fingerprint density at radius 3 is 2.68 bits per heavy atom. The van der Waals surface area contributed by atoms with Crippen molar-refractivity contribution in [1.29, 1.82) is 0 Å². The minimum Gasteiger partial charge on any atom is -0.388 e. The Morgan fingerprint density at radius 1 is 1.29 bits per heavy atom. The summed E-state index contributed by atoms with van der Waals surface area (Å²) in [5, 5.41) is 37.4. The highest BCUT2D eigenvalue weighted by atomic mass is 32.2. The van der Waals surface area contributed by atoms with E-state index in [-0.39, 0.29) is 23.8 Å². The van der Waals surface area contributed by atoms with E-state index in [9.17, 15) is 20.1 Å². The summed E-state index contributed by atoms with van der Waals surface area (Å²) < 4.78 is 12.0. The topological polar surface area (TPSA) is 120 Å². The molecule has 0 aliphatic carbocycles. The van der Waals surface area contributed by atoms with Crippen molar-refractivity contribution >= 4 is 17.7 Å². The monoisotopic (exact) mass is 458 g/mol. The number of nitrogens with one attached hydrogen (secondary N) is 2. The van der Waals surface area contributed by atoms with E-state index in [0.717, 1.165) is 25.8 Å². The first-order chi connectivity index (χ1) is 14.8. The van der Waals surface area contributed by atoms with E-state index in [1.807, 2.05) is 19.9 Å². The molecule has 0 aromatic carbocycles. The van der Waals surface area contributed by atoms with Crippen LogP contribution in [0.4, 0.5) is 0 Å². The number of aliphatic hydroxyl groups is 3. The Hall–Kier alpha value is -0.680. The minimum absolute atomic E-state index is 0.0576. The first kappa shape index (κ1) is 25.0. The van der Waals surface area contributed by atoms with E-state index >= 15 is 0 Å². The van der Waals surface area contributed by atoms with E-state index in [0.29, 0.717) is 12.5 Å². The number of carbonyl (C=O) groups is 1. The number of carbonyl (C=O) groups excluding carboxylic acids is 1. The van der Waals surface area contributed by atoms with Gasteiger partial charge in [-0.25, -0.2) is 0 Å². The molecule has 31 heavy (non-hydrogen) atoms. The van der Waals surface area contributed by atoms with Crippen LogP contribution in [0.15, 0.2) is 12.7 Å². The summed E-state index contributed by atoms with van der Waals surface area (Å²) in [5.41, 5.74) is -0.678. The molecule has 0 aromatic heterocycles. The molecule has 1 amide bonds. The van der Waals surface area contributed by atoms with Crippen LogP contribution in [0.25, 0.3) is 0 Å². The SMILES string of the molecule is C=CC[C@@H]1CCO[C@@H]2[C@H](CN[C@@H]2C(=O)N[C@H](C(C)C)[C@H]2OC(SC)[C@H](O)C(O)C2O)C1. The maximum Gasteiger partial charge on any atom is 0.240 e. The first-order valence-corrected chi connectivity index (χ1v) is 12.6. The van der Waals surface area contributed by atoms with Gasteiger partial charge in [0, 0.05) is 13.2 Å². The average molecular weight is 459 g/mol.